The Kier molecular flexibility index (Phi) is 5.38. The fraction of sp³-hybridized carbons (Fsp3) is 0.222. The number of hydrogen-bond donors (Lipinski definition) is 1. The Balaban J connectivity index is 2.66. The zero-order chi connectivity index (χ0) is 20.5. The third kappa shape index (κ3) is 4.13. The van der Waals surface area contributed by atoms with Gasteiger partial charge in [-0.05, 0) is 29.3 Å². The van der Waals surface area contributed by atoms with Crippen molar-refractivity contribution in [2.24, 2.45) is 0 Å². The maximum absolute atomic E-state index is 14.1. The molecule has 146 valence electrons. The van der Waals surface area contributed by atoms with Gasteiger partial charge in [0, 0.05) is 0 Å². The van der Waals surface area contributed by atoms with Gasteiger partial charge in [-0.1, -0.05) is 48.5 Å². The highest BCUT2D eigenvalue weighted by Crippen LogP contribution is 2.50. The molecule has 1 nitrogen and oxygen atoms in total. The Hall–Kier alpha value is -2.42. The van der Waals surface area contributed by atoms with Crippen LogP contribution in [0.1, 0.15) is 16.7 Å². The number of halogens is 8. The molecule has 0 aliphatic rings. The van der Waals surface area contributed by atoms with Gasteiger partial charge < -0.3 is 5.11 Å². The quantitative estimate of drug-likeness (QED) is 0.648. The molecule has 0 radical (unpaired) electrons. The predicted octanol–water partition coefficient (Wildman–Crippen LogP) is 5.80. The van der Waals surface area contributed by atoms with Gasteiger partial charge in [0.2, 0.25) is 0 Å². The Morgan fingerprint density at radius 2 is 1.26 bits per heavy atom. The van der Waals surface area contributed by atoms with E-state index in [1.165, 1.54) is 24.3 Å². The molecule has 0 aliphatic carbocycles. The van der Waals surface area contributed by atoms with Gasteiger partial charge >= 0.3 is 18.3 Å². The van der Waals surface area contributed by atoms with Gasteiger partial charge in [-0.15, -0.1) is 0 Å². The lowest BCUT2D eigenvalue weighted by Crippen LogP contribution is -2.54. The molecule has 0 aromatic heterocycles. The summed E-state index contributed by atoms with van der Waals surface area (Å²) in [6, 6.07) is 8.97. The fourth-order valence-electron chi connectivity index (χ4n) is 2.31. The van der Waals surface area contributed by atoms with Gasteiger partial charge in [0.1, 0.15) is 0 Å². The standard InChI is InChI=1S/C18H12F8O/c19-16(20,21)14-8-4-7-13(11-14)15(27,17(22,23)18(24,25)26)10-9-12-5-2-1-3-6-12/h1-11,27H/b10-9+. The first kappa shape index (κ1) is 20.9. The summed E-state index contributed by atoms with van der Waals surface area (Å²) in [7, 11) is 0. The van der Waals surface area contributed by atoms with Crippen molar-refractivity contribution in [3.63, 3.8) is 0 Å². The van der Waals surface area contributed by atoms with E-state index in [2.05, 4.69) is 0 Å². The number of benzene rings is 2. The topological polar surface area (TPSA) is 20.2 Å². The lowest BCUT2D eigenvalue weighted by molar-refractivity contribution is -0.334. The average molecular weight is 396 g/mol. The lowest BCUT2D eigenvalue weighted by atomic mass is 9.85. The van der Waals surface area contributed by atoms with Crippen molar-refractivity contribution in [1.82, 2.24) is 0 Å². The van der Waals surface area contributed by atoms with Gasteiger partial charge in [0.15, 0.2) is 5.60 Å². The van der Waals surface area contributed by atoms with Crippen LogP contribution >= 0.6 is 0 Å². The van der Waals surface area contributed by atoms with Gasteiger partial charge in [-0.25, -0.2) is 0 Å². The third-order valence-corrected chi connectivity index (χ3v) is 3.78. The maximum atomic E-state index is 14.1. The number of alkyl halides is 8. The second-order valence-corrected chi connectivity index (χ2v) is 5.66. The van der Waals surface area contributed by atoms with E-state index in [0.717, 1.165) is 6.08 Å². The second-order valence-electron chi connectivity index (χ2n) is 5.66. The highest BCUT2D eigenvalue weighted by Gasteiger charge is 2.69. The minimum absolute atomic E-state index is 0.0645. The van der Waals surface area contributed by atoms with Crippen molar-refractivity contribution in [1.29, 1.82) is 0 Å². The summed E-state index contributed by atoms with van der Waals surface area (Å²) >= 11 is 0. The Labute approximate surface area is 148 Å². The summed E-state index contributed by atoms with van der Waals surface area (Å²) in [5.41, 5.74) is -6.60. The highest BCUT2D eigenvalue weighted by molar-refractivity contribution is 5.52. The molecule has 0 amide bonds. The summed E-state index contributed by atoms with van der Waals surface area (Å²) in [6.45, 7) is 0. The van der Waals surface area contributed by atoms with Crippen LogP contribution in [0.2, 0.25) is 0 Å². The molecule has 0 spiro atoms. The highest BCUT2D eigenvalue weighted by atomic mass is 19.4. The van der Waals surface area contributed by atoms with Crippen molar-refractivity contribution in [3.8, 4) is 0 Å². The van der Waals surface area contributed by atoms with Crippen LogP contribution in [0.4, 0.5) is 35.1 Å². The molecule has 0 aliphatic heterocycles. The number of hydrogen-bond acceptors (Lipinski definition) is 1. The van der Waals surface area contributed by atoms with Gasteiger partial charge in [-0.2, -0.15) is 35.1 Å². The van der Waals surface area contributed by atoms with E-state index in [9.17, 15) is 40.2 Å². The van der Waals surface area contributed by atoms with E-state index in [-0.39, 0.29) is 17.7 Å². The van der Waals surface area contributed by atoms with Crippen LogP contribution in [0.15, 0.2) is 60.7 Å². The molecule has 2 aromatic rings. The second kappa shape index (κ2) is 6.95. The summed E-state index contributed by atoms with van der Waals surface area (Å²) in [5, 5.41) is 10.3. The van der Waals surface area contributed by atoms with E-state index in [1.807, 2.05) is 0 Å². The largest absolute Gasteiger partial charge is 0.457 e. The normalized spacial score (nSPS) is 15.7. The van der Waals surface area contributed by atoms with Crippen molar-refractivity contribution >= 4 is 6.08 Å². The Morgan fingerprint density at radius 1 is 0.704 bits per heavy atom. The molecule has 1 unspecified atom stereocenters. The van der Waals surface area contributed by atoms with E-state index in [4.69, 9.17) is 0 Å². The maximum Gasteiger partial charge on any atom is 0.457 e. The van der Waals surface area contributed by atoms with Crippen LogP contribution in [0.3, 0.4) is 0 Å². The molecule has 1 N–H and O–H groups in total. The van der Waals surface area contributed by atoms with Crippen molar-refractivity contribution in [3.05, 3.63) is 77.4 Å². The molecule has 27 heavy (non-hydrogen) atoms. The lowest BCUT2D eigenvalue weighted by Gasteiger charge is -2.35. The number of aliphatic hydroxyl groups is 1. The molecule has 2 rings (SSSR count). The average Bonchev–Trinajstić information content (AvgIpc) is 2.59. The summed E-state index contributed by atoms with van der Waals surface area (Å²) in [6.07, 6.45) is -10.3. The van der Waals surface area contributed by atoms with E-state index in [0.29, 0.717) is 18.2 Å². The SMILES string of the molecule is OC(/C=C/c1ccccc1)(c1cccc(C(F)(F)F)c1)C(F)(F)C(F)(F)F. The molecule has 0 saturated carbocycles. The molecule has 1 atom stereocenters. The number of rotatable bonds is 4. The monoisotopic (exact) mass is 396 g/mol. The molecule has 2 aromatic carbocycles. The zero-order valence-corrected chi connectivity index (χ0v) is 13.3. The van der Waals surface area contributed by atoms with Crippen molar-refractivity contribution < 1.29 is 40.2 Å². The van der Waals surface area contributed by atoms with Gasteiger partial charge in [0.25, 0.3) is 0 Å². The summed E-state index contributed by atoms with van der Waals surface area (Å²) < 4.78 is 105. The zero-order valence-electron chi connectivity index (χ0n) is 13.3. The van der Waals surface area contributed by atoms with Gasteiger partial charge in [-0.3, -0.25) is 0 Å². The van der Waals surface area contributed by atoms with E-state index >= 15 is 0 Å². The summed E-state index contributed by atoms with van der Waals surface area (Å²) in [5.74, 6) is -5.75. The third-order valence-electron chi connectivity index (χ3n) is 3.78. The Morgan fingerprint density at radius 3 is 1.78 bits per heavy atom. The van der Waals surface area contributed by atoms with Crippen LogP contribution in [0.5, 0.6) is 0 Å². The first-order valence-electron chi connectivity index (χ1n) is 7.38. The Bertz CT molecular complexity index is 808. The van der Waals surface area contributed by atoms with Crippen LogP contribution in [0, 0.1) is 0 Å². The van der Waals surface area contributed by atoms with Gasteiger partial charge in [0.05, 0.1) is 5.56 Å². The fourth-order valence-corrected chi connectivity index (χ4v) is 2.31. The molecule has 0 saturated heterocycles. The first-order valence-corrected chi connectivity index (χ1v) is 7.38. The predicted molar refractivity (Wildman–Crippen MR) is 81.8 cm³/mol. The van der Waals surface area contributed by atoms with Crippen LogP contribution in [0.25, 0.3) is 6.08 Å². The molecular weight excluding hydrogens is 384 g/mol. The first-order chi connectivity index (χ1) is 12.3. The molecule has 0 heterocycles. The van der Waals surface area contributed by atoms with E-state index in [1.54, 1.807) is 6.07 Å². The molecule has 0 bridgehead atoms. The van der Waals surface area contributed by atoms with Crippen molar-refractivity contribution in [2.75, 3.05) is 0 Å². The molecular formula is C18H12F8O. The minimum Gasteiger partial charge on any atom is -0.375 e. The minimum atomic E-state index is -6.21. The van der Waals surface area contributed by atoms with Crippen LogP contribution in [-0.4, -0.2) is 17.2 Å². The van der Waals surface area contributed by atoms with E-state index < -0.39 is 35.0 Å². The smallest absolute Gasteiger partial charge is 0.375 e. The summed E-state index contributed by atoms with van der Waals surface area (Å²) in [4.78, 5) is 0. The van der Waals surface area contributed by atoms with Crippen LogP contribution in [-0.2, 0) is 11.8 Å². The molecule has 0 fully saturated rings. The van der Waals surface area contributed by atoms with Crippen molar-refractivity contribution in [2.45, 2.75) is 23.9 Å². The van der Waals surface area contributed by atoms with Crippen LogP contribution < -0.4 is 0 Å². The molecule has 9 heteroatoms.